The van der Waals surface area contributed by atoms with Crippen LogP contribution in [0.4, 0.5) is 4.79 Å². The van der Waals surface area contributed by atoms with E-state index >= 15 is 0 Å². The molecule has 1 aliphatic heterocycles. The van der Waals surface area contributed by atoms with Gasteiger partial charge in [0.15, 0.2) is 0 Å². The van der Waals surface area contributed by atoms with Gasteiger partial charge in [0, 0.05) is 38.1 Å². The number of aromatic nitrogens is 1. The summed E-state index contributed by atoms with van der Waals surface area (Å²) >= 11 is 1.53. The minimum atomic E-state index is -4.05. The fourth-order valence-corrected chi connectivity index (χ4v) is 8.45. The van der Waals surface area contributed by atoms with Gasteiger partial charge in [-0.05, 0) is 48.6 Å². The number of sulfonamides is 1. The molecule has 0 radical (unpaired) electrons. The Morgan fingerprint density at radius 1 is 1.08 bits per heavy atom. The Morgan fingerprint density at radius 2 is 1.78 bits per heavy atom. The van der Waals surface area contributed by atoms with Crippen molar-refractivity contribution in [1.82, 2.24) is 29.7 Å². The summed E-state index contributed by atoms with van der Waals surface area (Å²) in [5, 5.41) is 32.5. The highest BCUT2D eigenvalue weighted by Gasteiger charge is 2.40. The third-order valence-electron chi connectivity index (χ3n) is 8.42. The number of oxime groups is 1. The molecule has 1 aromatic heterocycles. The Morgan fingerprint density at radius 3 is 2.40 bits per heavy atom. The summed E-state index contributed by atoms with van der Waals surface area (Å²) in [5.41, 5.74) is 2.17. The molecule has 1 aliphatic rings. The first kappa shape index (κ1) is 38.9. The van der Waals surface area contributed by atoms with Crippen LogP contribution in [0.3, 0.4) is 0 Å². The molecule has 50 heavy (non-hydrogen) atoms. The van der Waals surface area contributed by atoms with Gasteiger partial charge in [-0.3, -0.25) is 4.79 Å². The fraction of sp³-hybridized carbons (Fsp3) is 0.486. The summed E-state index contributed by atoms with van der Waals surface area (Å²) in [6, 6.07) is 13.3. The van der Waals surface area contributed by atoms with E-state index in [4.69, 9.17) is 5.21 Å². The number of aliphatic hydroxyl groups is 1. The van der Waals surface area contributed by atoms with E-state index in [9.17, 15) is 23.1 Å². The molecule has 0 spiro atoms. The van der Waals surface area contributed by atoms with Gasteiger partial charge in [0.25, 0.3) is 0 Å². The molecule has 3 aromatic rings. The van der Waals surface area contributed by atoms with Crippen molar-refractivity contribution in [2.24, 2.45) is 17.0 Å². The van der Waals surface area contributed by atoms with Crippen LogP contribution in [0.25, 0.3) is 0 Å². The Labute approximate surface area is 299 Å². The third kappa shape index (κ3) is 10.1. The molecular formula is C35H49N7O6S2. The average Bonchev–Trinajstić information content (AvgIpc) is 3.67. The number of hydrogen-bond acceptors (Lipinski definition) is 10. The maximum atomic E-state index is 14.1. The predicted octanol–water partition coefficient (Wildman–Crippen LogP) is 3.37. The van der Waals surface area contributed by atoms with Crippen molar-refractivity contribution in [2.75, 3.05) is 33.2 Å². The van der Waals surface area contributed by atoms with Gasteiger partial charge in [-0.15, -0.1) is 11.3 Å². The van der Waals surface area contributed by atoms with Gasteiger partial charge >= 0.3 is 6.03 Å². The van der Waals surface area contributed by atoms with E-state index in [1.807, 2.05) is 70.5 Å². The van der Waals surface area contributed by atoms with Crippen LogP contribution in [0.2, 0.25) is 0 Å². The van der Waals surface area contributed by atoms with Crippen LogP contribution in [0, 0.1) is 11.8 Å². The maximum absolute atomic E-state index is 14.1. The van der Waals surface area contributed by atoms with E-state index in [1.54, 1.807) is 9.80 Å². The molecule has 3 amide bonds. The van der Waals surface area contributed by atoms with Crippen LogP contribution in [-0.4, -0.2) is 107 Å². The van der Waals surface area contributed by atoms with Crippen LogP contribution in [0.5, 0.6) is 0 Å². The molecule has 15 heteroatoms. The fourth-order valence-electron chi connectivity index (χ4n) is 6.03. The summed E-state index contributed by atoms with van der Waals surface area (Å²) in [6.45, 7) is 9.18. The van der Waals surface area contributed by atoms with Crippen molar-refractivity contribution >= 4 is 39.5 Å². The van der Waals surface area contributed by atoms with Crippen LogP contribution in [0.1, 0.15) is 49.5 Å². The Bertz CT molecular complexity index is 1680. The second-order valence-corrected chi connectivity index (χ2v) is 16.1. The first-order valence-electron chi connectivity index (χ1n) is 16.8. The predicted molar refractivity (Wildman–Crippen MR) is 194 cm³/mol. The summed E-state index contributed by atoms with van der Waals surface area (Å²) in [5.74, 6) is -0.723. The summed E-state index contributed by atoms with van der Waals surface area (Å²) in [4.78, 5) is 35.7. The van der Waals surface area contributed by atoms with Crippen molar-refractivity contribution < 1.29 is 28.3 Å². The van der Waals surface area contributed by atoms with Crippen molar-refractivity contribution in [1.29, 1.82) is 0 Å². The van der Waals surface area contributed by atoms with E-state index in [2.05, 4.69) is 20.8 Å². The largest absolute Gasteiger partial charge is 0.411 e. The lowest BCUT2D eigenvalue weighted by Gasteiger charge is -2.34. The van der Waals surface area contributed by atoms with E-state index in [-0.39, 0.29) is 42.3 Å². The molecule has 3 atom stereocenters. The number of amides is 3. The second-order valence-electron chi connectivity index (χ2n) is 13.3. The molecule has 272 valence electrons. The van der Waals surface area contributed by atoms with Crippen LogP contribution in [0.15, 0.2) is 70.0 Å². The van der Waals surface area contributed by atoms with Gasteiger partial charge in [-0.2, -0.15) is 4.31 Å². The van der Waals surface area contributed by atoms with Crippen LogP contribution >= 0.6 is 11.3 Å². The summed E-state index contributed by atoms with van der Waals surface area (Å²) < 4.78 is 29.0. The number of carbonyl (C=O) groups excluding carboxylic acids is 2. The lowest BCUT2D eigenvalue weighted by atomic mass is 9.97. The number of thiazole rings is 1. The zero-order chi connectivity index (χ0) is 36.4. The number of nitrogens with zero attached hydrogens (tertiary/aromatic N) is 5. The zero-order valence-electron chi connectivity index (χ0n) is 29.3. The lowest BCUT2D eigenvalue weighted by Crippen LogP contribution is -2.57. The molecule has 4 rings (SSSR count). The van der Waals surface area contributed by atoms with E-state index in [1.165, 1.54) is 46.1 Å². The number of urea groups is 1. The van der Waals surface area contributed by atoms with Crippen LogP contribution in [-0.2, 0) is 34.3 Å². The molecule has 1 fully saturated rings. The zero-order valence-corrected chi connectivity index (χ0v) is 30.9. The normalized spacial score (nSPS) is 15.8. The minimum absolute atomic E-state index is 0.0250. The number of aliphatic hydroxyl groups excluding tert-OH is 1. The first-order chi connectivity index (χ1) is 23.8. The van der Waals surface area contributed by atoms with E-state index in [0.717, 1.165) is 16.3 Å². The number of carbonyl (C=O) groups is 2. The molecule has 0 aliphatic carbocycles. The molecule has 0 unspecified atom stereocenters. The van der Waals surface area contributed by atoms with Gasteiger partial charge < -0.3 is 30.7 Å². The highest BCUT2D eigenvalue weighted by Crippen LogP contribution is 2.23. The van der Waals surface area contributed by atoms with Crippen molar-refractivity contribution in [3.63, 3.8) is 0 Å². The highest BCUT2D eigenvalue weighted by molar-refractivity contribution is 7.89. The minimum Gasteiger partial charge on any atom is -0.411 e. The number of hydrogen-bond donors (Lipinski definition) is 4. The Kier molecular flexibility index (Phi) is 13.9. The molecule has 4 N–H and O–H groups in total. The SMILES string of the molecule is CNCc1nc(CN2CCN([C@H](C(=O)N[C@@H](Cc3ccccc3)[C@@H](O)CN(CC(C)C)S(=O)(=O)c3ccc(C=NO)cc3)C(C)C)C2=O)cs1. The lowest BCUT2D eigenvalue weighted by molar-refractivity contribution is -0.128. The maximum Gasteiger partial charge on any atom is 0.321 e. The molecular weight excluding hydrogens is 679 g/mol. The van der Waals surface area contributed by atoms with Gasteiger partial charge in [0.1, 0.15) is 11.0 Å². The van der Waals surface area contributed by atoms with Crippen LogP contribution < -0.4 is 10.6 Å². The van der Waals surface area contributed by atoms with Gasteiger partial charge in [0.2, 0.25) is 15.9 Å². The second kappa shape index (κ2) is 17.9. The molecule has 1 saturated heterocycles. The smallest absolute Gasteiger partial charge is 0.321 e. The summed E-state index contributed by atoms with van der Waals surface area (Å²) in [6.07, 6.45) is 0.147. The third-order valence-corrected chi connectivity index (χ3v) is 11.2. The van der Waals surface area contributed by atoms with Crippen molar-refractivity contribution in [3.05, 3.63) is 81.8 Å². The number of rotatable bonds is 18. The first-order valence-corrected chi connectivity index (χ1v) is 19.1. The monoisotopic (exact) mass is 727 g/mol. The van der Waals surface area contributed by atoms with Gasteiger partial charge in [0.05, 0.1) is 35.5 Å². The van der Waals surface area contributed by atoms with Gasteiger partial charge in [-0.1, -0.05) is 75.3 Å². The molecule has 2 heterocycles. The van der Waals surface area contributed by atoms with Gasteiger partial charge in [-0.25, -0.2) is 18.2 Å². The molecule has 2 aromatic carbocycles. The quantitative estimate of drug-likeness (QED) is 0.0880. The Hall–Kier alpha value is -3.89. The standard InChI is InChI=1S/C35H49N7O6S2/c1-24(2)20-41(50(47,48)29-13-11-27(12-14-29)18-37-46)22-31(43)30(17-26-9-7-6-8-10-26)39-34(44)33(25(3)4)42-16-15-40(35(42)45)21-28-23-49-32(38-28)19-36-5/h6-14,18,23-25,30-31,33,36,43,46H,15-17,19-22H2,1-5H3,(H,39,44)/t30-,31-,33-/m0/s1. The number of benzene rings is 2. The van der Waals surface area contributed by atoms with E-state index in [0.29, 0.717) is 31.7 Å². The van der Waals surface area contributed by atoms with Crippen molar-refractivity contribution in [2.45, 2.75) is 70.3 Å². The molecule has 0 bridgehead atoms. The van der Waals surface area contributed by atoms with Crippen molar-refractivity contribution in [3.8, 4) is 0 Å². The summed E-state index contributed by atoms with van der Waals surface area (Å²) in [7, 11) is -2.20. The topological polar surface area (TPSA) is 168 Å². The number of nitrogens with one attached hydrogen (secondary N) is 2. The average molecular weight is 728 g/mol. The molecule has 13 nitrogen and oxygen atoms in total. The molecule has 0 saturated carbocycles. The Balaban J connectivity index is 1.55. The van der Waals surface area contributed by atoms with E-state index < -0.39 is 34.1 Å². The highest BCUT2D eigenvalue weighted by atomic mass is 32.2.